The molecule has 0 spiro atoms. The number of carbonyl (C=O) groups is 1. The lowest BCUT2D eigenvalue weighted by atomic mass is 9.79. The van der Waals surface area contributed by atoms with Crippen LogP contribution < -0.4 is 11.1 Å². The SMILES string of the molecule is NC(=O)[C@@H]1CC[C@H](C(O)(c2ccccc2)c2ccccc2)N1. The molecule has 2 aromatic carbocycles. The average molecular weight is 296 g/mol. The third-order valence-electron chi connectivity index (χ3n) is 4.42. The van der Waals surface area contributed by atoms with Gasteiger partial charge in [0.1, 0.15) is 5.60 Å². The van der Waals surface area contributed by atoms with Crippen molar-refractivity contribution in [2.45, 2.75) is 30.5 Å². The monoisotopic (exact) mass is 296 g/mol. The van der Waals surface area contributed by atoms with Crippen molar-refractivity contribution in [3.8, 4) is 0 Å². The summed E-state index contributed by atoms with van der Waals surface area (Å²) in [7, 11) is 0. The Morgan fingerprint density at radius 3 is 1.91 bits per heavy atom. The van der Waals surface area contributed by atoms with E-state index in [2.05, 4.69) is 5.32 Å². The van der Waals surface area contributed by atoms with Crippen molar-refractivity contribution in [3.63, 3.8) is 0 Å². The summed E-state index contributed by atoms with van der Waals surface area (Å²) in [6.07, 6.45) is 1.33. The van der Waals surface area contributed by atoms with E-state index in [0.717, 1.165) is 11.1 Å². The van der Waals surface area contributed by atoms with E-state index in [4.69, 9.17) is 5.73 Å². The Morgan fingerprint density at radius 1 is 1.00 bits per heavy atom. The molecule has 4 heteroatoms. The number of benzene rings is 2. The second-order valence-corrected chi connectivity index (χ2v) is 5.75. The number of aliphatic hydroxyl groups is 1. The van der Waals surface area contributed by atoms with E-state index in [1.54, 1.807) is 0 Å². The first kappa shape index (κ1) is 14.8. The van der Waals surface area contributed by atoms with Crippen molar-refractivity contribution < 1.29 is 9.90 Å². The minimum absolute atomic E-state index is 0.255. The number of hydrogen-bond donors (Lipinski definition) is 3. The van der Waals surface area contributed by atoms with Gasteiger partial charge in [0.2, 0.25) is 5.91 Å². The summed E-state index contributed by atoms with van der Waals surface area (Å²) in [5.74, 6) is -0.369. The molecule has 2 aromatic rings. The van der Waals surface area contributed by atoms with Crippen LogP contribution in [0.5, 0.6) is 0 Å². The summed E-state index contributed by atoms with van der Waals surface area (Å²) < 4.78 is 0. The van der Waals surface area contributed by atoms with Crippen LogP contribution in [-0.4, -0.2) is 23.1 Å². The van der Waals surface area contributed by atoms with Gasteiger partial charge in [-0.2, -0.15) is 0 Å². The summed E-state index contributed by atoms with van der Waals surface area (Å²) in [6.45, 7) is 0. The Hall–Kier alpha value is -2.17. The minimum Gasteiger partial charge on any atom is -0.379 e. The van der Waals surface area contributed by atoms with Gasteiger partial charge in [0, 0.05) is 6.04 Å². The Morgan fingerprint density at radius 2 is 1.50 bits per heavy atom. The van der Waals surface area contributed by atoms with Crippen LogP contribution in [0.3, 0.4) is 0 Å². The molecule has 4 N–H and O–H groups in total. The first-order valence-corrected chi connectivity index (χ1v) is 7.51. The fourth-order valence-electron chi connectivity index (χ4n) is 3.25. The highest BCUT2D eigenvalue weighted by Gasteiger charge is 2.44. The maximum Gasteiger partial charge on any atom is 0.234 e. The largest absolute Gasteiger partial charge is 0.379 e. The van der Waals surface area contributed by atoms with Gasteiger partial charge in [-0.25, -0.2) is 0 Å². The minimum atomic E-state index is -1.19. The highest BCUT2D eigenvalue weighted by Crippen LogP contribution is 2.37. The number of hydrogen-bond acceptors (Lipinski definition) is 3. The standard InChI is InChI=1S/C18H20N2O2/c19-17(21)15-11-12-16(20-15)18(22,13-7-3-1-4-8-13)14-9-5-2-6-10-14/h1-10,15-16,20,22H,11-12H2,(H2,19,21)/t15-,16+/m0/s1. The second-order valence-electron chi connectivity index (χ2n) is 5.75. The molecule has 1 saturated heterocycles. The van der Waals surface area contributed by atoms with Gasteiger partial charge in [-0.1, -0.05) is 60.7 Å². The Bertz CT molecular complexity index is 603. The molecule has 2 atom stereocenters. The number of rotatable bonds is 4. The van der Waals surface area contributed by atoms with Crippen LogP contribution >= 0.6 is 0 Å². The van der Waals surface area contributed by atoms with Crippen LogP contribution in [0.2, 0.25) is 0 Å². The van der Waals surface area contributed by atoms with Crippen LogP contribution in [0.1, 0.15) is 24.0 Å². The summed E-state index contributed by atoms with van der Waals surface area (Å²) in [5, 5.41) is 14.7. The molecular weight excluding hydrogens is 276 g/mol. The lowest BCUT2D eigenvalue weighted by Gasteiger charge is -2.35. The molecule has 1 aliphatic rings. The predicted octanol–water partition coefficient (Wildman–Crippen LogP) is 1.53. The Labute approximate surface area is 130 Å². The molecule has 1 fully saturated rings. The lowest BCUT2D eigenvalue weighted by molar-refractivity contribution is -0.119. The summed E-state index contributed by atoms with van der Waals surface area (Å²) in [5.41, 5.74) is 5.83. The zero-order chi connectivity index (χ0) is 15.6. The van der Waals surface area contributed by atoms with E-state index < -0.39 is 5.60 Å². The molecule has 4 nitrogen and oxygen atoms in total. The number of nitrogens with one attached hydrogen (secondary N) is 1. The maximum atomic E-state index is 11.5. The van der Waals surface area contributed by atoms with Gasteiger partial charge in [0.05, 0.1) is 6.04 Å². The van der Waals surface area contributed by atoms with Crippen molar-refractivity contribution in [1.29, 1.82) is 0 Å². The van der Waals surface area contributed by atoms with E-state index in [-0.39, 0.29) is 18.0 Å². The van der Waals surface area contributed by atoms with E-state index in [0.29, 0.717) is 12.8 Å². The normalized spacial score (nSPS) is 21.7. The molecule has 0 aliphatic carbocycles. The second kappa shape index (κ2) is 5.91. The number of nitrogens with two attached hydrogens (primary N) is 1. The van der Waals surface area contributed by atoms with Gasteiger partial charge in [-0.3, -0.25) is 10.1 Å². The molecule has 1 aliphatic heterocycles. The van der Waals surface area contributed by atoms with Crippen molar-refractivity contribution in [2.24, 2.45) is 5.73 Å². The molecule has 22 heavy (non-hydrogen) atoms. The zero-order valence-corrected chi connectivity index (χ0v) is 12.3. The molecule has 0 saturated carbocycles. The molecular formula is C18H20N2O2. The summed E-state index contributed by atoms with van der Waals surface area (Å²) >= 11 is 0. The first-order chi connectivity index (χ1) is 10.6. The summed E-state index contributed by atoms with van der Waals surface area (Å²) in [4.78, 5) is 11.4. The molecule has 0 radical (unpaired) electrons. The highest BCUT2D eigenvalue weighted by atomic mass is 16.3. The van der Waals surface area contributed by atoms with Crippen LogP contribution in [0.25, 0.3) is 0 Å². The number of amides is 1. The average Bonchev–Trinajstić information content (AvgIpc) is 3.06. The Balaban J connectivity index is 2.03. The smallest absolute Gasteiger partial charge is 0.234 e. The van der Waals surface area contributed by atoms with Crippen molar-refractivity contribution in [3.05, 3.63) is 71.8 Å². The van der Waals surface area contributed by atoms with E-state index >= 15 is 0 Å². The van der Waals surface area contributed by atoms with Gasteiger partial charge in [0.15, 0.2) is 0 Å². The third-order valence-corrected chi connectivity index (χ3v) is 4.42. The molecule has 1 amide bonds. The van der Waals surface area contributed by atoms with Gasteiger partial charge < -0.3 is 10.8 Å². The predicted molar refractivity (Wildman–Crippen MR) is 85.0 cm³/mol. The van der Waals surface area contributed by atoms with Crippen molar-refractivity contribution in [1.82, 2.24) is 5.32 Å². The Kier molecular flexibility index (Phi) is 3.96. The molecule has 114 valence electrons. The molecule has 1 heterocycles. The van der Waals surface area contributed by atoms with Gasteiger partial charge in [-0.15, -0.1) is 0 Å². The first-order valence-electron chi connectivity index (χ1n) is 7.51. The topological polar surface area (TPSA) is 75.4 Å². The van der Waals surface area contributed by atoms with E-state index in [1.165, 1.54) is 0 Å². The van der Waals surface area contributed by atoms with Crippen LogP contribution in [-0.2, 0) is 10.4 Å². The van der Waals surface area contributed by atoms with Gasteiger partial charge >= 0.3 is 0 Å². The van der Waals surface area contributed by atoms with Gasteiger partial charge in [0.25, 0.3) is 0 Å². The highest BCUT2D eigenvalue weighted by molar-refractivity contribution is 5.80. The van der Waals surface area contributed by atoms with Gasteiger partial charge in [-0.05, 0) is 24.0 Å². The van der Waals surface area contributed by atoms with Crippen LogP contribution in [0.4, 0.5) is 0 Å². The fourth-order valence-corrected chi connectivity index (χ4v) is 3.25. The number of primary amides is 1. The molecule has 0 unspecified atom stereocenters. The van der Waals surface area contributed by atoms with E-state index in [9.17, 15) is 9.90 Å². The molecule has 0 aromatic heterocycles. The quantitative estimate of drug-likeness (QED) is 0.801. The van der Waals surface area contributed by atoms with Crippen LogP contribution in [0.15, 0.2) is 60.7 Å². The fraction of sp³-hybridized carbons (Fsp3) is 0.278. The maximum absolute atomic E-state index is 11.5. The molecule has 3 rings (SSSR count). The van der Waals surface area contributed by atoms with Crippen molar-refractivity contribution >= 4 is 5.91 Å². The van der Waals surface area contributed by atoms with Crippen LogP contribution in [0, 0.1) is 0 Å². The third kappa shape index (κ3) is 2.51. The van der Waals surface area contributed by atoms with Crippen molar-refractivity contribution in [2.75, 3.05) is 0 Å². The zero-order valence-electron chi connectivity index (χ0n) is 12.3. The summed E-state index contributed by atoms with van der Waals surface area (Å²) in [6, 6.07) is 18.5. The molecule has 0 bridgehead atoms. The number of carbonyl (C=O) groups excluding carboxylic acids is 1. The lowest BCUT2D eigenvalue weighted by Crippen LogP contribution is -2.50. The van der Waals surface area contributed by atoms with E-state index in [1.807, 2.05) is 60.7 Å².